The highest BCUT2D eigenvalue weighted by Crippen LogP contribution is 2.04. The van der Waals surface area contributed by atoms with E-state index in [-0.39, 0.29) is 5.82 Å². The van der Waals surface area contributed by atoms with Gasteiger partial charge in [0.25, 0.3) is 0 Å². The zero-order valence-electron chi connectivity index (χ0n) is 6.77. The maximum atomic E-state index is 12.2. The van der Waals surface area contributed by atoms with Crippen molar-refractivity contribution in [3.05, 3.63) is 35.6 Å². The quantitative estimate of drug-likeness (QED) is 0.571. The van der Waals surface area contributed by atoms with Crippen LogP contribution in [0.3, 0.4) is 0 Å². The van der Waals surface area contributed by atoms with E-state index in [1.165, 1.54) is 12.1 Å². The van der Waals surface area contributed by atoms with E-state index < -0.39 is 0 Å². The van der Waals surface area contributed by atoms with Crippen LogP contribution in [-0.2, 0) is 5.88 Å². The molecule has 0 bridgehead atoms. The minimum atomic E-state index is -0.219. The standard InChI is InChI=1S/C7H6ClF.C2H6/c8-5-6-1-3-7(9)4-2-6;1-2/h1-4H,5H2;1-2H3. The Morgan fingerprint density at radius 3 is 2.00 bits per heavy atom. The Balaban J connectivity index is 0.000000461. The largest absolute Gasteiger partial charge is 0.207 e. The Hall–Kier alpha value is -0.560. The third-order valence-corrected chi connectivity index (χ3v) is 1.38. The van der Waals surface area contributed by atoms with Crippen LogP contribution in [0.2, 0.25) is 0 Å². The topological polar surface area (TPSA) is 0 Å². The van der Waals surface area contributed by atoms with Crippen molar-refractivity contribution in [3.63, 3.8) is 0 Å². The number of benzene rings is 1. The molecule has 0 atom stereocenters. The van der Waals surface area contributed by atoms with E-state index in [1.807, 2.05) is 13.8 Å². The minimum absolute atomic E-state index is 0.219. The van der Waals surface area contributed by atoms with Gasteiger partial charge >= 0.3 is 0 Å². The number of halogens is 2. The van der Waals surface area contributed by atoms with Gasteiger partial charge in [0.1, 0.15) is 5.82 Å². The van der Waals surface area contributed by atoms with Crippen molar-refractivity contribution < 1.29 is 4.39 Å². The van der Waals surface area contributed by atoms with Gasteiger partial charge in [-0.3, -0.25) is 0 Å². The third kappa shape index (κ3) is 3.99. The van der Waals surface area contributed by atoms with Crippen LogP contribution in [0, 0.1) is 5.82 Å². The fraction of sp³-hybridized carbons (Fsp3) is 0.333. The first-order valence-corrected chi connectivity index (χ1v) is 4.17. The Morgan fingerprint density at radius 2 is 1.64 bits per heavy atom. The van der Waals surface area contributed by atoms with Crippen LogP contribution in [0.4, 0.5) is 4.39 Å². The molecular formula is C9H12ClF. The fourth-order valence-corrected chi connectivity index (χ4v) is 0.752. The average Bonchev–Trinajstić information content (AvgIpc) is 2.10. The molecule has 0 nitrogen and oxygen atoms in total. The van der Waals surface area contributed by atoms with Crippen LogP contribution in [0.5, 0.6) is 0 Å². The molecule has 0 N–H and O–H groups in total. The summed E-state index contributed by atoms with van der Waals surface area (Å²) in [5.41, 5.74) is 0.943. The molecule has 62 valence electrons. The number of hydrogen-bond acceptors (Lipinski definition) is 0. The molecule has 0 fully saturated rings. The Kier molecular flexibility index (Phi) is 5.86. The highest BCUT2D eigenvalue weighted by atomic mass is 35.5. The summed E-state index contributed by atoms with van der Waals surface area (Å²) >= 11 is 5.46. The molecule has 1 aromatic rings. The lowest BCUT2D eigenvalue weighted by Gasteiger charge is -1.91. The Bertz CT molecular complexity index is 181. The van der Waals surface area contributed by atoms with E-state index in [9.17, 15) is 4.39 Å². The predicted octanol–water partition coefficient (Wildman–Crippen LogP) is 3.59. The van der Waals surface area contributed by atoms with Gasteiger partial charge in [0, 0.05) is 5.88 Å². The van der Waals surface area contributed by atoms with Crippen LogP contribution in [0.15, 0.2) is 24.3 Å². The summed E-state index contributed by atoms with van der Waals surface area (Å²) in [5.74, 6) is 0.226. The summed E-state index contributed by atoms with van der Waals surface area (Å²) < 4.78 is 12.2. The highest BCUT2D eigenvalue weighted by molar-refractivity contribution is 6.17. The molecule has 0 heterocycles. The lowest BCUT2D eigenvalue weighted by Crippen LogP contribution is -1.76. The van der Waals surface area contributed by atoms with E-state index >= 15 is 0 Å². The van der Waals surface area contributed by atoms with Gasteiger partial charge in [0.05, 0.1) is 0 Å². The van der Waals surface area contributed by atoms with Gasteiger partial charge in [-0.2, -0.15) is 0 Å². The molecule has 0 spiro atoms. The maximum absolute atomic E-state index is 12.2. The van der Waals surface area contributed by atoms with Gasteiger partial charge in [-0.15, -0.1) is 11.6 Å². The smallest absolute Gasteiger partial charge is 0.123 e. The minimum Gasteiger partial charge on any atom is -0.207 e. The summed E-state index contributed by atoms with van der Waals surface area (Å²) in [6, 6.07) is 6.14. The lowest BCUT2D eigenvalue weighted by atomic mass is 10.2. The molecule has 11 heavy (non-hydrogen) atoms. The second-order valence-corrected chi connectivity index (χ2v) is 2.03. The summed E-state index contributed by atoms with van der Waals surface area (Å²) in [7, 11) is 0. The first-order chi connectivity index (χ1) is 5.33. The van der Waals surface area contributed by atoms with Gasteiger partial charge in [-0.05, 0) is 17.7 Å². The summed E-state index contributed by atoms with van der Waals surface area (Å²) in [4.78, 5) is 0. The zero-order valence-corrected chi connectivity index (χ0v) is 7.53. The van der Waals surface area contributed by atoms with Crippen molar-refractivity contribution in [3.8, 4) is 0 Å². The highest BCUT2D eigenvalue weighted by Gasteiger charge is 1.88. The molecule has 0 saturated heterocycles. The molecule has 0 radical (unpaired) electrons. The Labute approximate surface area is 72.0 Å². The average molecular weight is 175 g/mol. The number of hydrogen-bond donors (Lipinski definition) is 0. The summed E-state index contributed by atoms with van der Waals surface area (Å²) in [6.07, 6.45) is 0. The molecule has 0 unspecified atom stereocenters. The molecule has 0 aromatic heterocycles. The van der Waals surface area contributed by atoms with E-state index in [0.29, 0.717) is 5.88 Å². The van der Waals surface area contributed by atoms with E-state index in [0.717, 1.165) is 5.56 Å². The second-order valence-electron chi connectivity index (χ2n) is 1.76. The van der Waals surface area contributed by atoms with Gasteiger partial charge in [0.2, 0.25) is 0 Å². The van der Waals surface area contributed by atoms with E-state index in [2.05, 4.69) is 0 Å². The molecule has 0 aliphatic carbocycles. The van der Waals surface area contributed by atoms with Crippen molar-refractivity contribution in [1.29, 1.82) is 0 Å². The van der Waals surface area contributed by atoms with Crippen LogP contribution in [0.25, 0.3) is 0 Å². The third-order valence-electron chi connectivity index (χ3n) is 1.07. The lowest BCUT2D eigenvalue weighted by molar-refractivity contribution is 0.627. The molecule has 1 aromatic carbocycles. The molecule has 1 rings (SSSR count). The number of rotatable bonds is 1. The SMILES string of the molecule is CC.Fc1ccc(CCl)cc1. The van der Waals surface area contributed by atoms with Crippen molar-refractivity contribution in [2.75, 3.05) is 0 Å². The molecule has 0 amide bonds. The Morgan fingerprint density at radius 1 is 1.18 bits per heavy atom. The van der Waals surface area contributed by atoms with Crippen LogP contribution in [0.1, 0.15) is 19.4 Å². The maximum Gasteiger partial charge on any atom is 0.123 e. The predicted molar refractivity (Wildman–Crippen MR) is 47.3 cm³/mol. The first kappa shape index (κ1) is 10.4. The molecular weight excluding hydrogens is 163 g/mol. The van der Waals surface area contributed by atoms with E-state index in [1.54, 1.807) is 12.1 Å². The van der Waals surface area contributed by atoms with Crippen LogP contribution in [-0.4, -0.2) is 0 Å². The van der Waals surface area contributed by atoms with Crippen molar-refractivity contribution in [1.82, 2.24) is 0 Å². The summed E-state index contributed by atoms with van der Waals surface area (Å²) in [6.45, 7) is 4.00. The van der Waals surface area contributed by atoms with Crippen LogP contribution >= 0.6 is 11.6 Å². The van der Waals surface area contributed by atoms with Gasteiger partial charge in [-0.25, -0.2) is 4.39 Å². The monoisotopic (exact) mass is 174 g/mol. The molecule has 0 saturated carbocycles. The number of alkyl halides is 1. The molecule has 0 aliphatic rings. The van der Waals surface area contributed by atoms with Gasteiger partial charge in [0.15, 0.2) is 0 Å². The second kappa shape index (κ2) is 6.17. The van der Waals surface area contributed by atoms with Crippen LogP contribution < -0.4 is 0 Å². The first-order valence-electron chi connectivity index (χ1n) is 3.63. The van der Waals surface area contributed by atoms with E-state index in [4.69, 9.17) is 11.6 Å². The normalized spacial score (nSPS) is 8.36. The molecule has 0 aliphatic heterocycles. The summed E-state index contributed by atoms with van der Waals surface area (Å²) in [5, 5.41) is 0. The van der Waals surface area contributed by atoms with Crippen molar-refractivity contribution in [2.45, 2.75) is 19.7 Å². The zero-order chi connectivity index (χ0) is 8.69. The van der Waals surface area contributed by atoms with Gasteiger partial charge in [-0.1, -0.05) is 26.0 Å². The van der Waals surface area contributed by atoms with Gasteiger partial charge < -0.3 is 0 Å². The fourth-order valence-electron chi connectivity index (χ4n) is 0.573. The van der Waals surface area contributed by atoms with Crippen molar-refractivity contribution in [2.24, 2.45) is 0 Å². The van der Waals surface area contributed by atoms with Crippen molar-refractivity contribution >= 4 is 11.6 Å². The molecule has 2 heteroatoms.